The number of amides is 2. The van der Waals surface area contributed by atoms with Gasteiger partial charge in [0.05, 0.1) is 6.61 Å². The second kappa shape index (κ2) is 9.15. The van der Waals surface area contributed by atoms with E-state index in [-0.39, 0.29) is 18.9 Å². The zero-order valence-electron chi connectivity index (χ0n) is 15.2. The molecule has 6 nitrogen and oxygen atoms in total. The molecule has 2 N–H and O–H groups in total. The molecular formula is C18H28N2O4. The van der Waals surface area contributed by atoms with Crippen LogP contribution in [0, 0.1) is 6.92 Å². The molecule has 1 aromatic carbocycles. The first-order chi connectivity index (χ1) is 11.2. The molecule has 24 heavy (non-hydrogen) atoms. The van der Waals surface area contributed by atoms with E-state index in [4.69, 9.17) is 9.47 Å². The SMILES string of the molecule is CCOc1ccc(CNC(=O)CCNC(=O)OC(C)(C)C)cc1C. The molecular weight excluding hydrogens is 308 g/mol. The average Bonchev–Trinajstić information content (AvgIpc) is 2.46. The molecule has 0 bridgehead atoms. The molecule has 6 heteroatoms. The summed E-state index contributed by atoms with van der Waals surface area (Å²) in [7, 11) is 0. The molecule has 0 aliphatic heterocycles. The Balaban J connectivity index is 2.31. The summed E-state index contributed by atoms with van der Waals surface area (Å²) in [5, 5.41) is 5.39. The molecule has 0 aliphatic carbocycles. The number of hydrogen-bond donors (Lipinski definition) is 2. The van der Waals surface area contributed by atoms with Crippen molar-refractivity contribution in [2.45, 2.75) is 53.2 Å². The Bertz CT molecular complexity index is 565. The van der Waals surface area contributed by atoms with Crippen LogP contribution < -0.4 is 15.4 Å². The zero-order chi connectivity index (χ0) is 18.2. The summed E-state index contributed by atoms with van der Waals surface area (Å²) < 4.78 is 10.6. The van der Waals surface area contributed by atoms with Crippen LogP contribution >= 0.6 is 0 Å². The highest BCUT2D eigenvalue weighted by molar-refractivity contribution is 5.77. The molecule has 2 amide bonds. The zero-order valence-corrected chi connectivity index (χ0v) is 15.2. The Morgan fingerprint density at radius 1 is 1.17 bits per heavy atom. The number of aryl methyl sites for hydroxylation is 1. The first-order valence-electron chi connectivity index (χ1n) is 8.17. The molecule has 0 heterocycles. The molecule has 0 saturated heterocycles. The van der Waals surface area contributed by atoms with Crippen LogP contribution in [-0.2, 0) is 16.1 Å². The molecule has 0 unspecified atom stereocenters. The number of carbonyl (C=O) groups excluding carboxylic acids is 2. The lowest BCUT2D eigenvalue weighted by Gasteiger charge is -2.19. The van der Waals surface area contributed by atoms with E-state index >= 15 is 0 Å². The van der Waals surface area contributed by atoms with Crippen molar-refractivity contribution in [1.82, 2.24) is 10.6 Å². The molecule has 1 rings (SSSR count). The van der Waals surface area contributed by atoms with Gasteiger partial charge < -0.3 is 20.1 Å². The first-order valence-corrected chi connectivity index (χ1v) is 8.17. The average molecular weight is 336 g/mol. The quantitative estimate of drug-likeness (QED) is 0.802. The highest BCUT2D eigenvalue weighted by Gasteiger charge is 2.15. The summed E-state index contributed by atoms with van der Waals surface area (Å²) in [5.74, 6) is 0.728. The van der Waals surface area contributed by atoms with Gasteiger partial charge in [0.25, 0.3) is 0 Å². The predicted molar refractivity (Wildman–Crippen MR) is 93.0 cm³/mol. The monoisotopic (exact) mass is 336 g/mol. The van der Waals surface area contributed by atoms with Gasteiger partial charge in [-0.25, -0.2) is 4.79 Å². The third-order valence-electron chi connectivity index (χ3n) is 3.05. The highest BCUT2D eigenvalue weighted by atomic mass is 16.6. The van der Waals surface area contributed by atoms with Crippen molar-refractivity contribution in [2.75, 3.05) is 13.2 Å². The van der Waals surface area contributed by atoms with Gasteiger partial charge in [-0.3, -0.25) is 4.79 Å². The van der Waals surface area contributed by atoms with Gasteiger partial charge in [-0.15, -0.1) is 0 Å². The molecule has 0 saturated carbocycles. The number of hydrogen-bond acceptors (Lipinski definition) is 4. The second-order valence-corrected chi connectivity index (χ2v) is 6.49. The molecule has 0 spiro atoms. The minimum absolute atomic E-state index is 0.127. The van der Waals surface area contributed by atoms with Crippen LogP contribution in [0.1, 0.15) is 45.2 Å². The fourth-order valence-electron chi connectivity index (χ4n) is 2.02. The van der Waals surface area contributed by atoms with Crippen LogP contribution in [0.4, 0.5) is 4.79 Å². The molecule has 0 fully saturated rings. The Labute approximate surface area is 143 Å². The van der Waals surface area contributed by atoms with Gasteiger partial charge in [0.15, 0.2) is 0 Å². The van der Waals surface area contributed by atoms with E-state index in [0.29, 0.717) is 13.2 Å². The Morgan fingerprint density at radius 2 is 1.88 bits per heavy atom. The van der Waals surface area contributed by atoms with Gasteiger partial charge >= 0.3 is 6.09 Å². The van der Waals surface area contributed by atoms with Crippen LogP contribution in [0.3, 0.4) is 0 Å². The molecule has 0 atom stereocenters. The maximum atomic E-state index is 11.8. The van der Waals surface area contributed by atoms with E-state index in [2.05, 4.69) is 10.6 Å². The molecule has 0 radical (unpaired) electrons. The number of nitrogens with one attached hydrogen (secondary N) is 2. The van der Waals surface area contributed by atoms with Gasteiger partial charge in [0.2, 0.25) is 5.91 Å². The lowest BCUT2D eigenvalue weighted by Crippen LogP contribution is -2.35. The van der Waals surface area contributed by atoms with Crippen molar-refractivity contribution in [3.05, 3.63) is 29.3 Å². The van der Waals surface area contributed by atoms with Crippen LogP contribution in [0.2, 0.25) is 0 Å². The van der Waals surface area contributed by atoms with E-state index in [0.717, 1.165) is 16.9 Å². The van der Waals surface area contributed by atoms with Crippen LogP contribution in [0.5, 0.6) is 5.75 Å². The minimum atomic E-state index is -0.544. The van der Waals surface area contributed by atoms with Crippen molar-refractivity contribution in [1.29, 1.82) is 0 Å². The largest absolute Gasteiger partial charge is 0.494 e. The molecule has 134 valence electrons. The van der Waals surface area contributed by atoms with Crippen LogP contribution in [0.25, 0.3) is 0 Å². The van der Waals surface area contributed by atoms with Crippen molar-refractivity contribution in [3.8, 4) is 5.75 Å². The fraction of sp³-hybridized carbons (Fsp3) is 0.556. The summed E-state index contributed by atoms with van der Waals surface area (Å²) >= 11 is 0. The lowest BCUT2D eigenvalue weighted by atomic mass is 10.1. The maximum absolute atomic E-state index is 11.8. The predicted octanol–water partition coefficient (Wildman–Crippen LogP) is 2.92. The normalized spacial score (nSPS) is 10.9. The smallest absolute Gasteiger partial charge is 0.407 e. The van der Waals surface area contributed by atoms with Gasteiger partial charge in [0, 0.05) is 19.5 Å². The Morgan fingerprint density at radius 3 is 2.46 bits per heavy atom. The number of alkyl carbamates (subject to hydrolysis) is 1. The van der Waals surface area contributed by atoms with E-state index in [9.17, 15) is 9.59 Å². The highest BCUT2D eigenvalue weighted by Crippen LogP contribution is 2.18. The van der Waals surface area contributed by atoms with Crippen molar-refractivity contribution in [2.24, 2.45) is 0 Å². The fourth-order valence-corrected chi connectivity index (χ4v) is 2.02. The van der Waals surface area contributed by atoms with Gasteiger partial charge in [-0.1, -0.05) is 12.1 Å². The van der Waals surface area contributed by atoms with E-state index in [1.165, 1.54) is 0 Å². The lowest BCUT2D eigenvalue weighted by molar-refractivity contribution is -0.121. The topological polar surface area (TPSA) is 76.7 Å². The summed E-state index contributed by atoms with van der Waals surface area (Å²) in [6.45, 7) is 10.6. The summed E-state index contributed by atoms with van der Waals surface area (Å²) in [4.78, 5) is 23.3. The van der Waals surface area contributed by atoms with Crippen LogP contribution in [-0.4, -0.2) is 30.8 Å². The Kier molecular flexibility index (Phi) is 7.55. The van der Waals surface area contributed by atoms with E-state index in [1.54, 1.807) is 20.8 Å². The maximum Gasteiger partial charge on any atom is 0.407 e. The van der Waals surface area contributed by atoms with Crippen molar-refractivity contribution < 1.29 is 19.1 Å². The third-order valence-corrected chi connectivity index (χ3v) is 3.05. The van der Waals surface area contributed by atoms with Gasteiger partial charge in [-0.2, -0.15) is 0 Å². The number of rotatable bonds is 7. The third kappa shape index (κ3) is 7.85. The van der Waals surface area contributed by atoms with Crippen molar-refractivity contribution in [3.63, 3.8) is 0 Å². The Hall–Kier alpha value is -2.24. The van der Waals surface area contributed by atoms with Gasteiger partial charge in [-0.05, 0) is 51.8 Å². The summed E-state index contributed by atoms with van der Waals surface area (Å²) in [6.07, 6.45) is -0.313. The molecule has 0 aliphatic rings. The summed E-state index contributed by atoms with van der Waals surface area (Å²) in [6, 6.07) is 5.83. The standard InChI is InChI=1S/C18H28N2O4/c1-6-23-15-8-7-14(11-13(15)2)12-20-16(21)9-10-19-17(22)24-18(3,4)5/h7-8,11H,6,9-10,12H2,1-5H3,(H,19,22)(H,20,21). The van der Waals surface area contributed by atoms with Crippen LogP contribution in [0.15, 0.2) is 18.2 Å². The minimum Gasteiger partial charge on any atom is -0.494 e. The van der Waals surface area contributed by atoms with Gasteiger partial charge in [0.1, 0.15) is 11.4 Å². The number of ether oxygens (including phenoxy) is 2. The number of benzene rings is 1. The van der Waals surface area contributed by atoms with E-state index in [1.807, 2.05) is 32.0 Å². The van der Waals surface area contributed by atoms with Crippen molar-refractivity contribution >= 4 is 12.0 Å². The molecule has 1 aromatic rings. The summed E-state index contributed by atoms with van der Waals surface area (Å²) in [5.41, 5.74) is 1.50. The number of carbonyl (C=O) groups is 2. The molecule has 0 aromatic heterocycles. The first kappa shape index (κ1) is 19.8. The second-order valence-electron chi connectivity index (χ2n) is 6.49. The van der Waals surface area contributed by atoms with E-state index < -0.39 is 11.7 Å².